The van der Waals surface area contributed by atoms with Crippen LogP contribution in [0.2, 0.25) is 5.02 Å². The summed E-state index contributed by atoms with van der Waals surface area (Å²) in [4.78, 5) is 45.8. The van der Waals surface area contributed by atoms with Crippen LogP contribution in [0.25, 0.3) is 10.9 Å². The maximum absolute atomic E-state index is 13.4. The number of pyridine rings is 1. The number of nitrogens with zero attached hydrogens (tertiary/aromatic N) is 5. The van der Waals surface area contributed by atoms with Gasteiger partial charge in [0, 0.05) is 42.8 Å². The first-order chi connectivity index (χ1) is 17.8. The largest absolute Gasteiger partial charge is 0.334 e. The van der Waals surface area contributed by atoms with E-state index in [1.807, 2.05) is 73.5 Å². The van der Waals surface area contributed by atoms with Gasteiger partial charge in [-0.05, 0) is 43.3 Å². The lowest BCUT2D eigenvalue weighted by Crippen LogP contribution is -2.69. The molecular formula is C27H31ClN6O3. The second-order valence-electron chi connectivity index (χ2n) is 9.15. The molecule has 2 atom stereocenters. The average molecular weight is 523 g/mol. The van der Waals surface area contributed by atoms with E-state index in [-0.39, 0.29) is 31.1 Å². The highest BCUT2D eigenvalue weighted by Gasteiger charge is 2.41. The number of hydrazine groups is 1. The Kier molecular flexibility index (Phi) is 8.38. The number of likely N-dealkylation sites (N-methyl/N-ethyl adjacent to an activating group) is 2. The number of fused-ring (bicyclic) bond motifs is 1. The third-order valence-corrected chi connectivity index (χ3v) is 7.10. The van der Waals surface area contributed by atoms with E-state index in [9.17, 15) is 14.4 Å². The quantitative estimate of drug-likeness (QED) is 0.457. The minimum Gasteiger partial charge on any atom is -0.333 e. The van der Waals surface area contributed by atoms with Crippen molar-refractivity contribution in [3.63, 3.8) is 0 Å². The Labute approximate surface area is 221 Å². The Bertz CT molecular complexity index is 1270. The number of rotatable bonds is 8. The lowest BCUT2D eigenvalue weighted by molar-refractivity contribution is -0.165. The zero-order valence-corrected chi connectivity index (χ0v) is 21.9. The molecule has 2 aromatic carbocycles. The molecule has 1 aliphatic rings. The number of amides is 3. The molecule has 1 aromatic heterocycles. The van der Waals surface area contributed by atoms with Gasteiger partial charge in [0.25, 0.3) is 0 Å². The minimum atomic E-state index is -0.689. The molecule has 1 unspecified atom stereocenters. The summed E-state index contributed by atoms with van der Waals surface area (Å²) in [5.41, 5.74) is 2.73. The molecule has 10 heteroatoms. The van der Waals surface area contributed by atoms with Crippen LogP contribution in [-0.2, 0) is 16.1 Å². The van der Waals surface area contributed by atoms with Crippen molar-refractivity contribution < 1.29 is 14.4 Å². The maximum Gasteiger partial charge on any atom is 0.334 e. The van der Waals surface area contributed by atoms with E-state index in [0.29, 0.717) is 24.4 Å². The predicted octanol–water partition coefficient (Wildman–Crippen LogP) is 3.31. The standard InChI is InChI=1S/C27H31ClN6O3/c1-19(21-11-12-23(28)22-10-7-13-29-26(21)22)31(2)17-24-33(14-15-35)25(36)18-32(3)34(24)27(37)30-16-20-8-5-4-6-9-20/h4-13,15,19,24H,14,16-18H2,1-3H3,(H,30,37)/t19-,24?/m1/s1. The van der Waals surface area contributed by atoms with Crippen molar-refractivity contribution in [1.82, 2.24) is 30.1 Å². The topological polar surface area (TPSA) is 89.1 Å². The number of benzene rings is 2. The van der Waals surface area contributed by atoms with Gasteiger partial charge in [0.05, 0.1) is 18.6 Å². The molecule has 0 aliphatic carbocycles. The highest BCUT2D eigenvalue weighted by molar-refractivity contribution is 6.35. The van der Waals surface area contributed by atoms with Gasteiger partial charge >= 0.3 is 6.03 Å². The molecule has 194 valence electrons. The summed E-state index contributed by atoms with van der Waals surface area (Å²) >= 11 is 6.40. The molecule has 0 bridgehead atoms. The minimum absolute atomic E-state index is 0.00585. The van der Waals surface area contributed by atoms with Crippen molar-refractivity contribution in [3.05, 3.63) is 76.9 Å². The first-order valence-corrected chi connectivity index (χ1v) is 12.5. The predicted molar refractivity (Wildman–Crippen MR) is 143 cm³/mol. The molecule has 0 radical (unpaired) electrons. The van der Waals surface area contributed by atoms with Crippen LogP contribution >= 0.6 is 11.6 Å². The molecule has 3 aromatic rings. The number of aromatic nitrogens is 1. The molecule has 3 amide bonds. The fourth-order valence-electron chi connectivity index (χ4n) is 4.66. The summed E-state index contributed by atoms with van der Waals surface area (Å²) in [5.74, 6) is -0.216. The molecular weight excluding hydrogens is 492 g/mol. The fourth-order valence-corrected chi connectivity index (χ4v) is 4.88. The number of nitrogens with one attached hydrogen (secondary N) is 1. The molecule has 1 N–H and O–H groups in total. The Morgan fingerprint density at radius 1 is 1.22 bits per heavy atom. The SMILES string of the molecule is C[C@H](c1ccc(Cl)c2cccnc12)N(C)CC1N(CC=O)C(=O)CN(C)N1C(=O)NCc1ccccc1. The second kappa shape index (κ2) is 11.7. The third kappa shape index (κ3) is 5.74. The van der Waals surface area contributed by atoms with Gasteiger partial charge in [0.2, 0.25) is 5.91 Å². The van der Waals surface area contributed by atoms with Gasteiger partial charge < -0.3 is 15.0 Å². The third-order valence-electron chi connectivity index (χ3n) is 6.77. The van der Waals surface area contributed by atoms with Crippen LogP contribution in [0, 0.1) is 0 Å². The van der Waals surface area contributed by atoms with Crippen molar-refractivity contribution in [2.75, 3.05) is 33.7 Å². The Balaban J connectivity index is 1.60. The van der Waals surface area contributed by atoms with Crippen molar-refractivity contribution in [1.29, 1.82) is 0 Å². The molecule has 1 saturated heterocycles. The lowest BCUT2D eigenvalue weighted by atomic mass is 10.0. The van der Waals surface area contributed by atoms with E-state index >= 15 is 0 Å². The maximum atomic E-state index is 13.4. The van der Waals surface area contributed by atoms with E-state index in [2.05, 4.69) is 10.3 Å². The summed E-state index contributed by atoms with van der Waals surface area (Å²) in [6.07, 6.45) is 1.73. The van der Waals surface area contributed by atoms with Gasteiger partial charge in [-0.25, -0.2) is 14.8 Å². The van der Waals surface area contributed by atoms with Crippen molar-refractivity contribution >= 4 is 40.7 Å². The van der Waals surface area contributed by atoms with E-state index in [0.717, 1.165) is 22.0 Å². The van der Waals surface area contributed by atoms with E-state index in [1.165, 1.54) is 9.91 Å². The first-order valence-electron chi connectivity index (χ1n) is 12.1. The fraction of sp³-hybridized carbons (Fsp3) is 0.333. The number of hydrogen-bond donors (Lipinski definition) is 1. The average Bonchev–Trinajstić information content (AvgIpc) is 2.90. The normalized spacial score (nSPS) is 17.3. The Morgan fingerprint density at radius 3 is 2.70 bits per heavy atom. The van der Waals surface area contributed by atoms with Gasteiger partial charge in [-0.1, -0.05) is 48.0 Å². The van der Waals surface area contributed by atoms with Gasteiger partial charge in [-0.3, -0.25) is 14.7 Å². The molecule has 9 nitrogen and oxygen atoms in total. The molecule has 1 aliphatic heterocycles. The van der Waals surface area contributed by atoms with Gasteiger partial charge in [-0.15, -0.1) is 0 Å². The molecule has 0 saturated carbocycles. The van der Waals surface area contributed by atoms with E-state index < -0.39 is 6.17 Å². The molecule has 4 rings (SSSR count). The second-order valence-corrected chi connectivity index (χ2v) is 9.56. The summed E-state index contributed by atoms with van der Waals surface area (Å²) < 4.78 is 0. The van der Waals surface area contributed by atoms with Crippen LogP contribution in [-0.4, -0.2) is 82.9 Å². The van der Waals surface area contributed by atoms with Crippen LogP contribution < -0.4 is 5.32 Å². The number of halogens is 1. The first kappa shape index (κ1) is 26.5. The van der Waals surface area contributed by atoms with Crippen LogP contribution in [0.3, 0.4) is 0 Å². The number of urea groups is 1. The summed E-state index contributed by atoms with van der Waals surface area (Å²) in [5, 5.41) is 7.56. The van der Waals surface area contributed by atoms with Gasteiger partial charge in [0.15, 0.2) is 0 Å². The Morgan fingerprint density at radius 2 is 1.97 bits per heavy atom. The highest BCUT2D eigenvalue weighted by Crippen LogP contribution is 2.31. The number of carbonyl (C=O) groups is 3. The van der Waals surface area contributed by atoms with Gasteiger partial charge in [0.1, 0.15) is 12.5 Å². The highest BCUT2D eigenvalue weighted by atomic mass is 35.5. The zero-order valence-electron chi connectivity index (χ0n) is 21.2. The molecule has 1 fully saturated rings. The number of hydrogen-bond acceptors (Lipinski definition) is 6. The number of aldehydes is 1. The van der Waals surface area contributed by atoms with Crippen LogP contribution in [0.5, 0.6) is 0 Å². The molecule has 0 spiro atoms. The van der Waals surface area contributed by atoms with Crippen molar-refractivity contribution in [3.8, 4) is 0 Å². The molecule has 37 heavy (non-hydrogen) atoms. The Hall–Kier alpha value is -3.53. The van der Waals surface area contributed by atoms with E-state index in [4.69, 9.17) is 11.6 Å². The summed E-state index contributed by atoms with van der Waals surface area (Å²) in [6, 6.07) is 16.7. The molecule has 2 heterocycles. The zero-order chi connectivity index (χ0) is 26.5. The summed E-state index contributed by atoms with van der Waals surface area (Å²) in [7, 11) is 3.62. The number of carbonyl (C=O) groups excluding carboxylic acids is 3. The van der Waals surface area contributed by atoms with Gasteiger partial charge in [-0.2, -0.15) is 0 Å². The smallest absolute Gasteiger partial charge is 0.333 e. The van der Waals surface area contributed by atoms with Crippen LogP contribution in [0.15, 0.2) is 60.8 Å². The van der Waals surface area contributed by atoms with Crippen LogP contribution in [0.1, 0.15) is 24.1 Å². The summed E-state index contributed by atoms with van der Waals surface area (Å²) in [6.45, 7) is 2.57. The monoisotopic (exact) mass is 522 g/mol. The van der Waals surface area contributed by atoms with Crippen molar-refractivity contribution in [2.24, 2.45) is 0 Å². The lowest BCUT2D eigenvalue weighted by Gasteiger charge is -2.48. The van der Waals surface area contributed by atoms with Crippen LogP contribution in [0.4, 0.5) is 4.79 Å². The van der Waals surface area contributed by atoms with E-state index in [1.54, 1.807) is 18.3 Å². The van der Waals surface area contributed by atoms with Crippen molar-refractivity contribution in [2.45, 2.75) is 25.7 Å².